The van der Waals surface area contributed by atoms with Crippen LogP contribution in [0.15, 0.2) is 52.9 Å². The molecular weight excluding hydrogens is 468 g/mol. The Morgan fingerprint density at radius 3 is 2.46 bits per heavy atom. The maximum Gasteiger partial charge on any atom is 0.291 e. The van der Waals surface area contributed by atoms with E-state index < -0.39 is 17.1 Å². The number of aliphatic hydroxyl groups excluding tert-OH is 2. The van der Waals surface area contributed by atoms with E-state index in [-0.39, 0.29) is 36.1 Å². The molecule has 1 aliphatic heterocycles. The molecule has 1 aromatic heterocycles. The van der Waals surface area contributed by atoms with E-state index in [1.807, 2.05) is 32.1 Å². The molecule has 3 atom stereocenters. The van der Waals surface area contributed by atoms with Crippen LogP contribution in [0.1, 0.15) is 82.5 Å². The third-order valence-corrected chi connectivity index (χ3v) is 7.76. The van der Waals surface area contributed by atoms with Crippen molar-refractivity contribution in [3.05, 3.63) is 64.4 Å². The molecule has 1 amide bonds. The van der Waals surface area contributed by atoms with Crippen LogP contribution in [0.3, 0.4) is 0 Å². The number of allylic oxidation sites excluding steroid dienone is 7. The lowest BCUT2D eigenvalue weighted by Crippen LogP contribution is -2.52. The predicted molar refractivity (Wildman–Crippen MR) is 140 cm³/mol. The fourth-order valence-corrected chi connectivity index (χ4v) is 5.60. The van der Waals surface area contributed by atoms with E-state index in [9.17, 15) is 15.0 Å². The zero-order valence-electron chi connectivity index (χ0n) is 22.2. The monoisotopic (exact) mass is 506 g/mol. The summed E-state index contributed by atoms with van der Waals surface area (Å²) in [5.74, 6) is -0.236. The van der Waals surface area contributed by atoms with Crippen LogP contribution < -0.4 is 5.32 Å². The van der Waals surface area contributed by atoms with Crippen LogP contribution in [0.4, 0.5) is 0 Å². The number of nitrogens with zero attached hydrogens (tertiary/aromatic N) is 2. The Balaban J connectivity index is 1.67. The predicted octanol–water partition coefficient (Wildman–Crippen LogP) is 4.22. The van der Waals surface area contributed by atoms with Crippen LogP contribution in [0.5, 0.6) is 0 Å². The smallest absolute Gasteiger partial charge is 0.291 e. The first kappa shape index (κ1) is 27.1. The van der Waals surface area contributed by atoms with Gasteiger partial charge in [-0.05, 0) is 80.1 Å². The van der Waals surface area contributed by atoms with Gasteiger partial charge in [0, 0.05) is 12.1 Å². The van der Waals surface area contributed by atoms with Crippen LogP contribution >= 0.6 is 0 Å². The molecule has 8 heteroatoms. The Morgan fingerprint density at radius 2 is 1.89 bits per heavy atom. The van der Waals surface area contributed by atoms with Gasteiger partial charge in [0.25, 0.3) is 5.91 Å². The van der Waals surface area contributed by atoms with E-state index in [0.29, 0.717) is 19.3 Å². The number of hydrogen-bond donors (Lipinski definition) is 4. The Morgan fingerprint density at radius 1 is 1.19 bits per heavy atom. The number of rotatable bonds is 6. The molecule has 0 radical (unpaired) electrons. The van der Waals surface area contributed by atoms with Gasteiger partial charge in [0.05, 0.1) is 30.6 Å². The summed E-state index contributed by atoms with van der Waals surface area (Å²) in [7, 11) is 0. The lowest BCUT2D eigenvalue weighted by molar-refractivity contribution is -0.212. The first-order chi connectivity index (χ1) is 17.5. The fraction of sp³-hybridized carbons (Fsp3) is 0.552. The van der Waals surface area contributed by atoms with E-state index in [1.54, 1.807) is 0 Å². The first-order valence-corrected chi connectivity index (χ1v) is 13.0. The molecule has 1 aromatic rings. The second-order valence-electron chi connectivity index (χ2n) is 11.9. The molecular formula is C29H38N4O4. The lowest BCUT2D eigenvalue weighted by atomic mass is 9.74. The van der Waals surface area contributed by atoms with Gasteiger partial charge in [-0.2, -0.15) is 5.26 Å². The number of nitriles is 1. The topological polar surface area (TPSA) is 131 Å². The number of aromatic nitrogens is 2. The number of amides is 1. The molecule has 37 heavy (non-hydrogen) atoms. The van der Waals surface area contributed by atoms with Crippen molar-refractivity contribution >= 4 is 5.91 Å². The molecule has 1 fully saturated rings. The Hall–Kier alpha value is -2.99. The summed E-state index contributed by atoms with van der Waals surface area (Å²) in [6.45, 7) is 8.08. The zero-order chi connectivity index (χ0) is 26.8. The molecule has 4 rings (SSSR count). The number of aliphatic hydroxyl groups is 2. The highest BCUT2D eigenvalue weighted by molar-refractivity contribution is 5.92. The van der Waals surface area contributed by atoms with Crippen LogP contribution in [0.25, 0.3) is 0 Å². The highest BCUT2D eigenvalue weighted by Gasteiger charge is 2.45. The van der Waals surface area contributed by atoms with Gasteiger partial charge in [0.1, 0.15) is 11.8 Å². The second-order valence-corrected chi connectivity index (χ2v) is 11.9. The Labute approximate surface area is 218 Å². The minimum Gasteiger partial charge on any atom is -0.393 e. The van der Waals surface area contributed by atoms with Crippen molar-refractivity contribution in [3.8, 4) is 6.07 Å². The number of carbonyl (C=O) groups excluding carboxylic acids is 1. The molecule has 4 N–H and O–H groups in total. The number of hydrogen-bond acceptors (Lipinski definition) is 6. The number of carbonyl (C=O) groups is 1. The van der Waals surface area contributed by atoms with E-state index in [1.165, 1.54) is 11.8 Å². The molecule has 2 heterocycles. The first-order valence-electron chi connectivity index (χ1n) is 13.0. The molecule has 0 saturated carbocycles. The lowest BCUT2D eigenvalue weighted by Gasteiger charge is -2.47. The number of ether oxygens (including phenoxy) is 1. The average molecular weight is 507 g/mol. The minimum absolute atomic E-state index is 0.0632. The molecule has 1 saturated heterocycles. The molecule has 198 valence electrons. The Bertz CT molecular complexity index is 1200. The summed E-state index contributed by atoms with van der Waals surface area (Å²) in [6.07, 6.45) is 14.7. The van der Waals surface area contributed by atoms with Gasteiger partial charge in [-0.3, -0.25) is 4.79 Å². The molecule has 8 nitrogen and oxygen atoms in total. The summed E-state index contributed by atoms with van der Waals surface area (Å²) < 4.78 is 6.15. The Kier molecular flexibility index (Phi) is 7.61. The summed E-state index contributed by atoms with van der Waals surface area (Å²) >= 11 is 0. The van der Waals surface area contributed by atoms with Gasteiger partial charge in [0.15, 0.2) is 5.82 Å². The van der Waals surface area contributed by atoms with E-state index in [0.717, 1.165) is 36.1 Å². The van der Waals surface area contributed by atoms with E-state index in [2.05, 4.69) is 41.3 Å². The number of H-pyrrole nitrogens is 1. The van der Waals surface area contributed by atoms with E-state index >= 15 is 0 Å². The van der Waals surface area contributed by atoms with Gasteiger partial charge in [0.2, 0.25) is 0 Å². The van der Waals surface area contributed by atoms with Crippen molar-refractivity contribution in [1.29, 1.82) is 5.26 Å². The SMILES string of the molecule is CC1(C)CC=C(C2=CC(C3C[C@](C)(CO)O[C@](C)(CO)C3)=CC=C(NC(=O)c3ncc(C#N)[nH]3)C2)CC1. The maximum atomic E-state index is 12.9. The van der Waals surface area contributed by atoms with Crippen molar-refractivity contribution in [2.75, 3.05) is 13.2 Å². The summed E-state index contributed by atoms with van der Waals surface area (Å²) in [5, 5.41) is 32.2. The van der Waals surface area contributed by atoms with Crippen LogP contribution in [-0.2, 0) is 4.74 Å². The van der Waals surface area contributed by atoms with Gasteiger partial charge in [-0.1, -0.05) is 32.1 Å². The third-order valence-electron chi connectivity index (χ3n) is 7.76. The summed E-state index contributed by atoms with van der Waals surface area (Å²) in [6, 6.07) is 1.95. The van der Waals surface area contributed by atoms with Crippen molar-refractivity contribution in [2.45, 2.75) is 77.4 Å². The minimum atomic E-state index is -0.756. The fourth-order valence-electron chi connectivity index (χ4n) is 5.60. The molecule has 0 aromatic carbocycles. The van der Waals surface area contributed by atoms with E-state index in [4.69, 9.17) is 10.00 Å². The summed E-state index contributed by atoms with van der Waals surface area (Å²) in [5.41, 5.74) is 3.28. The van der Waals surface area contributed by atoms with Gasteiger partial charge in [-0.25, -0.2) is 4.98 Å². The molecule has 0 spiro atoms. The number of nitrogens with one attached hydrogen (secondary N) is 2. The van der Waals surface area contributed by atoms with Crippen LogP contribution in [0, 0.1) is 22.7 Å². The molecule has 3 aliphatic rings. The maximum absolute atomic E-state index is 12.9. The largest absolute Gasteiger partial charge is 0.393 e. The molecule has 0 bridgehead atoms. The van der Waals surface area contributed by atoms with Gasteiger partial charge < -0.3 is 25.3 Å². The van der Waals surface area contributed by atoms with Gasteiger partial charge in [-0.15, -0.1) is 0 Å². The van der Waals surface area contributed by atoms with Gasteiger partial charge >= 0.3 is 0 Å². The quantitative estimate of drug-likeness (QED) is 0.457. The second kappa shape index (κ2) is 10.4. The third kappa shape index (κ3) is 6.30. The van der Waals surface area contributed by atoms with Crippen molar-refractivity contribution in [1.82, 2.24) is 15.3 Å². The van der Waals surface area contributed by atoms with Crippen molar-refractivity contribution in [3.63, 3.8) is 0 Å². The number of aromatic amines is 1. The highest BCUT2D eigenvalue weighted by Crippen LogP contribution is 2.44. The molecule has 1 unspecified atom stereocenters. The number of imidazole rings is 1. The standard InChI is InChI=1S/C29H38N4O4/c1-27(2)9-7-19(8-10-27)21-11-20(22-13-28(3,17-34)37-29(4,14-22)18-35)5-6-23(12-21)33-26(36)25-31-16-24(15-30)32-25/h5-7,11,16,22,34-35H,8-10,12-14,17-18H2,1-4H3,(H,31,32)(H,33,36)/t22?,28-,29+. The van der Waals surface area contributed by atoms with Crippen molar-refractivity contribution < 1.29 is 19.7 Å². The zero-order valence-corrected chi connectivity index (χ0v) is 22.2. The average Bonchev–Trinajstić information content (AvgIpc) is 3.25. The summed E-state index contributed by atoms with van der Waals surface area (Å²) in [4.78, 5) is 19.6. The van der Waals surface area contributed by atoms with Crippen molar-refractivity contribution in [2.24, 2.45) is 11.3 Å². The normalized spacial score (nSPS) is 29.7. The van der Waals surface area contributed by atoms with Crippen LogP contribution in [0.2, 0.25) is 0 Å². The molecule has 2 aliphatic carbocycles. The highest BCUT2D eigenvalue weighted by atomic mass is 16.5. The van der Waals surface area contributed by atoms with Crippen LogP contribution in [-0.4, -0.2) is 50.5 Å².